The highest BCUT2D eigenvalue weighted by Crippen LogP contribution is 1.91. The third kappa shape index (κ3) is 12.1. The Morgan fingerprint density at radius 2 is 1.58 bits per heavy atom. The summed E-state index contributed by atoms with van der Waals surface area (Å²) in [6, 6.07) is 7.94. The summed E-state index contributed by atoms with van der Waals surface area (Å²) in [4.78, 5) is 0. The molecule has 0 saturated heterocycles. The molecule has 0 heterocycles. The molecule has 5 heteroatoms. The highest BCUT2D eigenvalue weighted by molar-refractivity contribution is 8.13. The second-order valence-electron chi connectivity index (χ2n) is 1.98. The van der Waals surface area contributed by atoms with E-state index in [0.29, 0.717) is 0 Å². The molecule has 0 aromatic heterocycles. The molecule has 1 aromatic carbocycles. The van der Waals surface area contributed by atoms with Gasteiger partial charge in [-0.25, -0.2) is 12.8 Å². The maximum atomic E-state index is 11.9. The number of hydrogen-bond acceptors (Lipinski definition) is 2. The quantitative estimate of drug-likeness (QED) is 0.614. The Hall–Kier alpha value is -0.610. The summed E-state index contributed by atoms with van der Waals surface area (Å²) in [5.41, 5.74) is 0. The number of benzene rings is 1. The van der Waals surface area contributed by atoms with E-state index in [1.54, 1.807) is 18.2 Å². The molecule has 0 saturated carbocycles. The first-order valence-corrected chi connectivity index (χ1v) is 5.71. The Kier molecular flexibility index (Phi) is 4.85. The Morgan fingerprint density at radius 3 is 1.75 bits per heavy atom. The van der Waals surface area contributed by atoms with Crippen molar-refractivity contribution in [3.63, 3.8) is 0 Å². The summed E-state index contributed by atoms with van der Waals surface area (Å²) in [5.74, 6) is -0.178. The van der Waals surface area contributed by atoms with Crippen LogP contribution in [-0.4, -0.2) is 14.7 Å². The molecule has 0 N–H and O–H groups in total. The fourth-order valence-corrected chi connectivity index (χ4v) is 0.415. The van der Waals surface area contributed by atoms with E-state index >= 15 is 0 Å². The van der Waals surface area contributed by atoms with E-state index in [9.17, 15) is 12.8 Å². The first kappa shape index (κ1) is 11.4. The molecule has 0 atom stereocenters. The largest absolute Gasteiger partial charge is 0.229 e. The molecular formula is C7H8ClFO2S. The van der Waals surface area contributed by atoms with Gasteiger partial charge in [0.2, 0.25) is 9.05 Å². The van der Waals surface area contributed by atoms with Gasteiger partial charge < -0.3 is 0 Å². The van der Waals surface area contributed by atoms with Crippen molar-refractivity contribution in [3.05, 3.63) is 36.1 Å². The average Bonchev–Trinajstić information content (AvgIpc) is 1.85. The van der Waals surface area contributed by atoms with Crippen molar-refractivity contribution < 1.29 is 12.8 Å². The highest BCUT2D eigenvalue weighted by atomic mass is 35.7. The summed E-state index contributed by atoms with van der Waals surface area (Å²) >= 11 is 0. The first-order valence-electron chi connectivity index (χ1n) is 3.00. The molecular weight excluding hydrogens is 203 g/mol. The molecule has 0 bridgehead atoms. The first-order chi connectivity index (χ1) is 5.39. The van der Waals surface area contributed by atoms with Gasteiger partial charge in [0, 0.05) is 10.7 Å². The maximum absolute atomic E-state index is 11.9. The van der Waals surface area contributed by atoms with Crippen LogP contribution in [0.3, 0.4) is 0 Å². The zero-order chi connectivity index (χ0) is 9.61. The molecule has 0 spiro atoms. The third-order valence-electron chi connectivity index (χ3n) is 0.733. The van der Waals surface area contributed by atoms with Gasteiger partial charge in [0.15, 0.2) is 0 Å². The lowest BCUT2D eigenvalue weighted by molar-refractivity contribution is 0.614. The molecule has 1 aromatic rings. The van der Waals surface area contributed by atoms with Crippen molar-refractivity contribution in [3.8, 4) is 0 Å². The summed E-state index contributed by atoms with van der Waals surface area (Å²) in [5, 5.41) is 0. The molecule has 0 aliphatic carbocycles. The minimum absolute atomic E-state index is 0.178. The fourth-order valence-electron chi connectivity index (χ4n) is 0.415. The molecule has 0 fully saturated rings. The Labute approximate surface area is 75.4 Å². The summed E-state index contributed by atoms with van der Waals surface area (Å²) in [6.45, 7) is 0. The Morgan fingerprint density at radius 1 is 1.25 bits per heavy atom. The predicted octanol–water partition coefficient (Wildman–Crippen LogP) is 2.01. The Balaban J connectivity index is 0.000000217. The SMILES string of the molecule is CS(=O)(=O)Cl.Fc1ccccc1. The van der Waals surface area contributed by atoms with E-state index in [1.807, 2.05) is 0 Å². The topological polar surface area (TPSA) is 34.1 Å². The van der Waals surface area contributed by atoms with Gasteiger partial charge in [-0.3, -0.25) is 0 Å². The van der Waals surface area contributed by atoms with Crippen LogP contribution in [0.2, 0.25) is 0 Å². The van der Waals surface area contributed by atoms with Gasteiger partial charge in [0.1, 0.15) is 5.82 Å². The zero-order valence-electron chi connectivity index (χ0n) is 6.37. The van der Waals surface area contributed by atoms with Gasteiger partial charge >= 0.3 is 0 Å². The van der Waals surface area contributed by atoms with Crippen molar-refractivity contribution in [1.29, 1.82) is 0 Å². The van der Waals surface area contributed by atoms with Crippen LogP contribution >= 0.6 is 10.7 Å². The van der Waals surface area contributed by atoms with E-state index < -0.39 is 9.05 Å². The molecule has 68 valence electrons. The lowest BCUT2D eigenvalue weighted by atomic mass is 10.4. The Bertz CT molecular complexity index is 301. The lowest BCUT2D eigenvalue weighted by Gasteiger charge is -1.78. The van der Waals surface area contributed by atoms with E-state index in [2.05, 4.69) is 10.7 Å². The number of halogens is 2. The van der Waals surface area contributed by atoms with E-state index in [1.165, 1.54) is 12.1 Å². The number of hydrogen-bond donors (Lipinski definition) is 0. The fraction of sp³-hybridized carbons (Fsp3) is 0.143. The average molecular weight is 211 g/mol. The van der Waals surface area contributed by atoms with Crippen LogP contribution < -0.4 is 0 Å². The van der Waals surface area contributed by atoms with Crippen molar-refractivity contribution in [2.45, 2.75) is 0 Å². The van der Waals surface area contributed by atoms with Gasteiger partial charge in [0.05, 0.1) is 6.26 Å². The highest BCUT2D eigenvalue weighted by Gasteiger charge is 1.83. The molecule has 0 aliphatic rings. The normalized spacial score (nSPS) is 9.92. The van der Waals surface area contributed by atoms with Crippen LogP contribution in [0.25, 0.3) is 0 Å². The molecule has 0 radical (unpaired) electrons. The smallest absolute Gasteiger partial charge is 0.213 e. The van der Waals surface area contributed by atoms with Crippen LogP contribution in [-0.2, 0) is 9.05 Å². The molecule has 0 unspecified atom stereocenters. The van der Waals surface area contributed by atoms with E-state index in [0.717, 1.165) is 6.26 Å². The van der Waals surface area contributed by atoms with Crippen molar-refractivity contribution >= 4 is 19.7 Å². The van der Waals surface area contributed by atoms with Gasteiger partial charge in [-0.2, -0.15) is 0 Å². The third-order valence-corrected chi connectivity index (χ3v) is 0.733. The van der Waals surface area contributed by atoms with Crippen LogP contribution in [0.1, 0.15) is 0 Å². The van der Waals surface area contributed by atoms with Crippen molar-refractivity contribution in [2.24, 2.45) is 0 Å². The van der Waals surface area contributed by atoms with Gasteiger partial charge in [-0.15, -0.1) is 0 Å². The van der Waals surface area contributed by atoms with E-state index in [-0.39, 0.29) is 5.82 Å². The summed E-state index contributed by atoms with van der Waals surface area (Å²) in [6.07, 6.45) is 0.925. The van der Waals surface area contributed by atoms with Crippen LogP contribution in [0, 0.1) is 5.82 Å². The second-order valence-corrected chi connectivity index (χ2v) is 5.02. The van der Waals surface area contributed by atoms with Crippen molar-refractivity contribution in [2.75, 3.05) is 6.26 Å². The molecule has 12 heavy (non-hydrogen) atoms. The van der Waals surface area contributed by atoms with Gasteiger partial charge in [-0.05, 0) is 12.1 Å². The summed E-state index contributed by atoms with van der Waals surface area (Å²) < 4.78 is 30.7. The minimum atomic E-state index is -3.19. The molecule has 2 nitrogen and oxygen atoms in total. The standard InChI is InChI=1S/C6H5F.CH3ClO2S/c7-6-4-2-1-3-5-6;1-5(2,3)4/h1-5H;1H3. The maximum Gasteiger partial charge on any atom is 0.229 e. The van der Waals surface area contributed by atoms with Crippen LogP contribution in [0.5, 0.6) is 0 Å². The lowest BCUT2D eigenvalue weighted by Crippen LogP contribution is -1.76. The van der Waals surface area contributed by atoms with Crippen molar-refractivity contribution in [1.82, 2.24) is 0 Å². The van der Waals surface area contributed by atoms with Gasteiger partial charge in [0.25, 0.3) is 0 Å². The van der Waals surface area contributed by atoms with Crippen LogP contribution in [0.4, 0.5) is 4.39 Å². The summed E-state index contributed by atoms with van der Waals surface area (Å²) in [7, 11) is 1.31. The zero-order valence-corrected chi connectivity index (χ0v) is 7.94. The molecule has 0 amide bonds. The molecule has 1 rings (SSSR count). The second kappa shape index (κ2) is 5.11. The van der Waals surface area contributed by atoms with Crippen LogP contribution in [0.15, 0.2) is 30.3 Å². The van der Waals surface area contributed by atoms with E-state index in [4.69, 9.17) is 0 Å². The monoisotopic (exact) mass is 210 g/mol. The van der Waals surface area contributed by atoms with Gasteiger partial charge in [-0.1, -0.05) is 18.2 Å². The number of rotatable bonds is 0. The molecule has 0 aliphatic heterocycles. The predicted molar refractivity (Wildman–Crippen MR) is 47.1 cm³/mol. The minimum Gasteiger partial charge on any atom is -0.213 e.